The van der Waals surface area contributed by atoms with Crippen molar-refractivity contribution in [3.8, 4) is 0 Å². The molecule has 0 spiro atoms. The Morgan fingerprint density at radius 2 is 1.79 bits per heavy atom. The second-order valence-corrected chi connectivity index (χ2v) is 7.89. The van der Waals surface area contributed by atoms with E-state index in [1.807, 2.05) is 58.0 Å². The van der Waals surface area contributed by atoms with Gasteiger partial charge in [0.15, 0.2) is 0 Å². The second-order valence-electron chi connectivity index (χ2n) is 6.30. The summed E-state index contributed by atoms with van der Waals surface area (Å²) in [6.07, 6.45) is 3.33. The zero-order valence-electron chi connectivity index (χ0n) is 14.8. The van der Waals surface area contributed by atoms with Crippen LogP contribution in [0.1, 0.15) is 46.1 Å². The van der Waals surface area contributed by atoms with E-state index in [-0.39, 0.29) is 17.9 Å². The highest BCUT2D eigenvalue weighted by Crippen LogP contribution is 2.08. The molecular formula is C18H28N2O3S. The monoisotopic (exact) mass is 352 g/mol. The van der Waals surface area contributed by atoms with E-state index < -0.39 is 16.1 Å². The topological polar surface area (TPSA) is 75.3 Å². The molecular weight excluding hydrogens is 324 g/mol. The fraction of sp³-hybridized carbons (Fsp3) is 0.500. The molecule has 0 aliphatic heterocycles. The largest absolute Gasteiger partial charge is 0.352 e. The van der Waals surface area contributed by atoms with Crippen molar-refractivity contribution >= 4 is 22.0 Å². The minimum atomic E-state index is -3.71. The van der Waals surface area contributed by atoms with Gasteiger partial charge in [-0.05, 0) is 30.9 Å². The van der Waals surface area contributed by atoms with E-state index in [9.17, 15) is 13.2 Å². The lowest BCUT2D eigenvalue weighted by Crippen LogP contribution is -2.51. The minimum Gasteiger partial charge on any atom is -0.352 e. The summed E-state index contributed by atoms with van der Waals surface area (Å²) >= 11 is 0. The standard InChI is InChI=1S/C18H28N2O3S/c1-5-9-15(4)19-18(21)17(14(2)3)20-24(22,23)13-12-16-10-7-6-8-11-16/h6-8,10-15,17,20H,5,9H2,1-4H3,(H,19,21)/b13-12+/t15?,17-/m0/s1. The molecule has 0 aromatic heterocycles. The first-order valence-electron chi connectivity index (χ1n) is 8.31. The van der Waals surface area contributed by atoms with Crippen molar-refractivity contribution < 1.29 is 13.2 Å². The van der Waals surface area contributed by atoms with Gasteiger partial charge < -0.3 is 5.32 Å². The van der Waals surface area contributed by atoms with Crippen LogP contribution in [0.2, 0.25) is 0 Å². The predicted octanol–water partition coefficient (Wildman–Crippen LogP) is 2.91. The van der Waals surface area contributed by atoms with Crippen molar-refractivity contribution in [3.63, 3.8) is 0 Å². The zero-order valence-corrected chi connectivity index (χ0v) is 15.6. The molecule has 0 aliphatic carbocycles. The molecule has 1 aromatic carbocycles. The fourth-order valence-corrected chi connectivity index (χ4v) is 3.43. The van der Waals surface area contributed by atoms with Crippen LogP contribution in [0.5, 0.6) is 0 Å². The highest BCUT2D eigenvalue weighted by Gasteiger charge is 2.26. The van der Waals surface area contributed by atoms with Crippen molar-refractivity contribution in [2.45, 2.75) is 52.6 Å². The number of carbonyl (C=O) groups excluding carboxylic acids is 1. The molecule has 0 fully saturated rings. The lowest BCUT2D eigenvalue weighted by Gasteiger charge is -2.23. The van der Waals surface area contributed by atoms with Crippen molar-refractivity contribution in [1.29, 1.82) is 0 Å². The van der Waals surface area contributed by atoms with Crippen LogP contribution >= 0.6 is 0 Å². The van der Waals surface area contributed by atoms with E-state index >= 15 is 0 Å². The highest BCUT2D eigenvalue weighted by molar-refractivity contribution is 7.92. The molecule has 134 valence electrons. The van der Waals surface area contributed by atoms with Crippen LogP contribution in [0.15, 0.2) is 35.7 Å². The van der Waals surface area contributed by atoms with Crippen LogP contribution in [0.3, 0.4) is 0 Å². The molecule has 1 aromatic rings. The summed E-state index contributed by atoms with van der Waals surface area (Å²) in [6.45, 7) is 7.60. The Labute approximate surface area is 145 Å². The highest BCUT2D eigenvalue weighted by atomic mass is 32.2. The summed E-state index contributed by atoms with van der Waals surface area (Å²) in [4.78, 5) is 12.4. The molecule has 2 N–H and O–H groups in total. The molecule has 0 saturated heterocycles. The molecule has 0 bridgehead atoms. The van der Waals surface area contributed by atoms with Gasteiger partial charge in [0.1, 0.15) is 6.04 Å². The number of rotatable bonds is 9. The van der Waals surface area contributed by atoms with Gasteiger partial charge in [-0.2, -0.15) is 4.72 Å². The minimum absolute atomic E-state index is 0.0214. The van der Waals surface area contributed by atoms with Crippen molar-refractivity contribution in [3.05, 3.63) is 41.3 Å². The summed E-state index contributed by atoms with van der Waals surface area (Å²) in [5, 5.41) is 3.97. The van der Waals surface area contributed by atoms with E-state index in [4.69, 9.17) is 0 Å². The summed E-state index contributed by atoms with van der Waals surface area (Å²) < 4.78 is 27.0. The first-order chi connectivity index (χ1) is 11.2. The molecule has 6 heteroatoms. The number of benzene rings is 1. The Morgan fingerprint density at radius 3 is 2.33 bits per heavy atom. The Bertz CT molecular complexity index is 639. The molecule has 5 nitrogen and oxygen atoms in total. The average Bonchev–Trinajstić information content (AvgIpc) is 2.51. The average molecular weight is 353 g/mol. The lowest BCUT2D eigenvalue weighted by molar-refractivity contribution is -0.124. The number of carbonyl (C=O) groups is 1. The number of amides is 1. The van der Waals surface area contributed by atoms with Gasteiger partial charge in [0.25, 0.3) is 0 Å². The van der Waals surface area contributed by atoms with Gasteiger partial charge in [0, 0.05) is 11.4 Å². The predicted molar refractivity (Wildman–Crippen MR) is 98.7 cm³/mol. The number of sulfonamides is 1. The van der Waals surface area contributed by atoms with Crippen molar-refractivity contribution in [2.75, 3.05) is 0 Å². The molecule has 0 aliphatic rings. The molecule has 0 saturated carbocycles. The van der Waals surface area contributed by atoms with E-state index in [0.29, 0.717) is 0 Å². The fourth-order valence-electron chi connectivity index (χ4n) is 2.28. The quantitative estimate of drug-likeness (QED) is 0.717. The van der Waals surface area contributed by atoms with Gasteiger partial charge >= 0.3 is 0 Å². The third kappa shape index (κ3) is 7.27. The smallest absolute Gasteiger partial charge is 0.238 e. The van der Waals surface area contributed by atoms with Crippen molar-refractivity contribution in [1.82, 2.24) is 10.0 Å². The first-order valence-corrected chi connectivity index (χ1v) is 9.85. The van der Waals surface area contributed by atoms with E-state index in [0.717, 1.165) is 23.8 Å². The van der Waals surface area contributed by atoms with E-state index in [2.05, 4.69) is 10.0 Å². The molecule has 1 unspecified atom stereocenters. The van der Waals surface area contributed by atoms with E-state index in [1.165, 1.54) is 6.08 Å². The van der Waals surface area contributed by atoms with Crippen molar-refractivity contribution in [2.24, 2.45) is 5.92 Å². The van der Waals surface area contributed by atoms with Gasteiger partial charge in [-0.25, -0.2) is 8.42 Å². The van der Waals surface area contributed by atoms with Crippen LogP contribution in [0.4, 0.5) is 0 Å². The van der Waals surface area contributed by atoms with Crippen LogP contribution in [0, 0.1) is 5.92 Å². The van der Waals surface area contributed by atoms with Gasteiger partial charge in [-0.1, -0.05) is 57.5 Å². The Kier molecular flexibility index (Phi) is 8.15. The number of nitrogens with one attached hydrogen (secondary N) is 2. The van der Waals surface area contributed by atoms with Crippen LogP contribution in [-0.2, 0) is 14.8 Å². The summed E-state index contributed by atoms with van der Waals surface area (Å²) in [5.41, 5.74) is 0.782. The zero-order chi connectivity index (χ0) is 18.2. The maximum absolute atomic E-state index is 12.4. The number of hydrogen-bond acceptors (Lipinski definition) is 3. The maximum Gasteiger partial charge on any atom is 0.238 e. The molecule has 0 radical (unpaired) electrons. The first kappa shape index (κ1) is 20.4. The third-order valence-corrected chi connectivity index (χ3v) is 4.67. The molecule has 1 rings (SSSR count). The van der Waals surface area contributed by atoms with Crippen LogP contribution in [-0.4, -0.2) is 26.4 Å². The summed E-state index contributed by atoms with van der Waals surface area (Å²) in [6, 6.07) is 8.37. The number of hydrogen-bond donors (Lipinski definition) is 2. The molecule has 0 heterocycles. The molecule has 24 heavy (non-hydrogen) atoms. The van der Waals surface area contributed by atoms with Crippen LogP contribution < -0.4 is 10.0 Å². The molecule has 1 amide bonds. The maximum atomic E-state index is 12.4. The Hall–Kier alpha value is -1.66. The lowest BCUT2D eigenvalue weighted by atomic mass is 10.0. The van der Waals surface area contributed by atoms with Gasteiger partial charge in [-0.3, -0.25) is 4.79 Å². The molecule has 2 atom stereocenters. The van der Waals surface area contributed by atoms with Gasteiger partial charge in [-0.15, -0.1) is 0 Å². The Balaban J connectivity index is 2.79. The van der Waals surface area contributed by atoms with Gasteiger partial charge in [0.2, 0.25) is 15.9 Å². The normalized spacial score (nSPS) is 14.7. The Morgan fingerprint density at radius 1 is 1.17 bits per heavy atom. The SMILES string of the molecule is CCCC(C)NC(=O)[C@@H](NS(=O)(=O)/C=C/c1ccccc1)C(C)C. The van der Waals surface area contributed by atoms with Gasteiger partial charge in [0.05, 0.1) is 0 Å². The third-order valence-electron chi connectivity index (χ3n) is 3.59. The van der Waals surface area contributed by atoms with Crippen LogP contribution in [0.25, 0.3) is 6.08 Å². The van der Waals surface area contributed by atoms with E-state index in [1.54, 1.807) is 0 Å². The summed E-state index contributed by atoms with van der Waals surface area (Å²) in [5.74, 6) is -0.443. The second kappa shape index (κ2) is 9.59. The summed E-state index contributed by atoms with van der Waals surface area (Å²) in [7, 11) is -3.71.